The van der Waals surface area contributed by atoms with Crippen LogP contribution < -0.4 is 10.0 Å². The van der Waals surface area contributed by atoms with Crippen LogP contribution in [0.25, 0.3) is 0 Å². The minimum atomic E-state index is -3.85. The SMILES string of the molecule is CNC(C)CNS(=O)(=O)c1cc(Cl)ccc1C(=O)OC.Cl. The molecule has 1 rings (SSSR count). The molecule has 2 N–H and O–H groups in total. The van der Waals surface area contributed by atoms with Gasteiger partial charge < -0.3 is 10.1 Å². The molecule has 0 amide bonds. The molecule has 0 saturated carbocycles. The first-order valence-corrected chi connectivity index (χ1v) is 7.72. The Morgan fingerprint density at radius 3 is 2.57 bits per heavy atom. The van der Waals surface area contributed by atoms with Crippen LogP contribution in [-0.4, -0.2) is 41.1 Å². The van der Waals surface area contributed by atoms with Crippen molar-refractivity contribution in [2.75, 3.05) is 20.7 Å². The Kier molecular flexibility index (Phi) is 8.20. The zero-order valence-corrected chi connectivity index (χ0v) is 14.2. The molecule has 9 heteroatoms. The quantitative estimate of drug-likeness (QED) is 0.753. The molecule has 0 fully saturated rings. The lowest BCUT2D eigenvalue weighted by Crippen LogP contribution is -2.37. The molecule has 0 aromatic heterocycles. The van der Waals surface area contributed by atoms with Crippen LogP contribution in [0.3, 0.4) is 0 Å². The standard InChI is InChI=1S/C12H17ClN2O4S.ClH/c1-8(14-2)7-15-20(17,18)11-6-9(13)4-5-10(11)12(16)19-3;/h4-6,8,14-15H,7H2,1-3H3;1H. The second-order valence-electron chi connectivity index (χ2n) is 4.17. The number of likely N-dealkylation sites (N-methyl/N-ethyl adjacent to an activating group) is 1. The molecule has 1 unspecified atom stereocenters. The molecule has 0 aliphatic rings. The first-order chi connectivity index (χ1) is 9.31. The van der Waals surface area contributed by atoms with Crippen LogP contribution in [0.4, 0.5) is 0 Å². The molecule has 0 radical (unpaired) electrons. The summed E-state index contributed by atoms with van der Waals surface area (Å²) in [6.07, 6.45) is 0. The Bertz CT molecular complexity index is 593. The molecule has 1 aromatic rings. The van der Waals surface area contributed by atoms with Crippen molar-refractivity contribution in [3.63, 3.8) is 0 Å². The Labute approximate surface area is 135 Å². The predicted octanol–water partition coefficient (Wildman–Crippen LogP) is 1.43. The molecular formula is C12H18Cl2N2O4S. The lowest BCUT2D eigenvalue weighted by atomic mass is 10.2. The predicted molar refractivity (Wildman–Crippen MR) is 83.7 cm³/mol. The number of sulfonamides is 1. The summed E-state index contributed by atoms with van der Waals surface area (Å²) in [6.45, 7) is 2.01. The minimum Gasteiger partial charge on any atom is -0.465 e. The number of halogens is 2. The maximum atomic E-state index is 12.2. The van der Waals surface area contributed by atoms with Crippen LogP contribution in [0.1, 0.15) is 17.3 Å². The molecule has 0 aliphatic heterocycles. The van der Waals surface area contributed by atoms with Gasteiger partial charge in [-0.3, -0.25) is 0 Å². The third-order valence-electron chi connectivity index (χ3n) is 2.71. The van der Waals surface area contributed by atoms with E-state index >= 15 is 0 Å². The number of benzene rings is 1. The molecular weight excluding hydrogens is 339 g/mol. The van der Waals surface area contributed by atoms with Crippen molar-refractivity contribution in [2.24, 2.45) is 0 Å². The van der Waals surface area contributed by atoms with E-state index in [9.17, 15) is 13.2 Å². The van der Waals surface area contributed by atoms with E-state index in [1.807, 2.05) is 6.92 Å². The summed E-state index contributed by atoms with van der Waals surface area (Å²) in [7, 11) is -0.944. The van der Waals surface area contributed by atoms with Gasteiger partial charge in [0.15, 0.2) is 0 Å². The van der Waals surface area contributed by atoms with Crippen molar-refractivity contribution >= 4 is 40.0 Å². The fourth-order valence-corrected chi connectivity index (χ4v) is 3.00. The van der Waals surface area contributed by atoms with Gasteiger partial charge in [-0.05, 0) is 32.2 Å². The van der Waals surface area contributed by atoms with E-state index < -0.39 is 16.0 Å². The van der Waals surface area contributed by atoms with Crippen molar-refractivity contribution in [3.8, 4) is 0 Å². The number of methoxy groups -OCH3 is 1. The van der Waals surface area contributed by atoms with E-state index in [-0.39, 0.29) is 40.5 Å². The van der Waals surface area contributed by atoms with Crippen molar-refractivity contribution < 1.29 is 17.9 Å². The van der Waals surface area contributed by atoms with E-state index in [2.05, 4.69) is 14.8 Å². The van der Waals surface area contributed by atoms with Gasteiger partial charge in [0.2, 0.25) is 10.0 Å². The Morgan fingerprint density at radius 1 is 1.43 bits per heavy atom. The van der Waals surface area contributed by atoms with E-state index in [1.54, 1.807) is 7.05 Å². The topological polar surface area (TPSA) is 84.5 Å². The summed E-state index contributed by atoms with van der Waals surface area (Å²) in [5.74, 6) is -0.733. The molecule has 1 aromatic carbocycles. The summed E-state index contributed by atoms with van der Waals surface area (Å²) in [5.41, 5.74) is -0.0542. The fraction of sp³-hybridized carbons (Fsp3) is 0.417. The first-order valence-electron chi connectivity index (χ1n) is 5.86. The van der Waals surface area contributed by atoms with Gasteiger partial charge in [0.1, 0.15) is 0 Å². The summed E-state index contributed by atoms with van der Waals surface area (Å²) in [4.78, 5) is 11.4. The zero-order chi connectivity index (χ0) is 15.3. The molecule has 6 nitrogen and oxygen atoms in total. The fourth-order valence-electron chi connectivity index (χ4n) is 1.41. The molecule has 0 bridgehead atoms. The van der Waals surface area contributed by atoms with Gasteiger partial charge in [0.05, 0.1) is 17.6 Å². The van der Waals surface area contributed by atoms with Gasteiger partial charge in [0, 0.05) is 17.6 Å². The van der Waals surface area contributed by atoms with Crippen molar-refractivity contribution in [2.45, 2.75) is 17.9 Å². The lowest BCUT2D eigenvalue weighted by Gasteiger charge is -2.14. The van der Waals surface area contributed by atoms with Gasteiger partial charge in [-0.15, -0.1) is 12.4 Å². The molecule has 21 heavy (non-hydrogen) atoms. The third kappa shape index (κ3) is 5.44. The van der Waals surface area contributed by atoms with Crippen LogP contribution in [-0.2, 0) is 14.8 Å². The molecule has 0 saturated heterocycles. The van der Waals surface area contributed by atoms with Gasteiger partial charge in [-0.1, -0.05) is 11.6 Å². The highest BCUT2D eigenvalue weighted by Gasteiger charge is 2.23. The number of rotatable bonds is 6. The highest BCUT2D eigenvalue weighted by Crippen LogP contribution is 2.21. The van der Waals surface area contributed by atoms with E-state index in [1.165, 1.54) is 25.3 Å². The van der Waals surface area contributed by atoms with Crippen molar-refractivity contribution in [1.29, 1.82) is 0 Å². The van der Waals surface area contributed by atoms with Gasteiger partial charge >= 0.3 is 5.97 Å². The van der Waals surface area contributed by atoms with Gasteiger partial charge in [-0.25, -0.2) is 17.9 Å². The zero-order valence-electron chi connectivity index (χ0n) is 11.8. The summed E-state index contributed by atoms with van der Waals surface area (Å²) < 4.78 is 31.5. The summed E-state index contributed by atoms with van der Waals surface area (Å²) in [5, 5.41) is 3.13. The number of nitrogens with one attached hydrogen (secondary N) is 2. The van der Waals surface area contributed by atoms with Gasteiger partial charge in [-0.2, -0.15) is 0 Å². The smallest absolute Gasteiger partial charge is 0.339 e. The third-order valence-corrected chi connectivity index (χ3v) is 4.41. The molecule has 0 spiro atoms. The van der Waals surface area contributed by atoms with Crippen molar-refractivity contribution in [3.05, 3.63) is 28.8 Å². The second-order valence-corrected chi connectivity index (χ2v) is 6.35. The van der Waals surface area contributed by atoms with E-state index in [0.717, 1.165) is 0 Å². The molecule has 120 valence electrons. The number of carbonyl (C=O) groups excluding carboxylic acids is 1. The maximum absolute atomic E-state index is 12.2. The highest BCUT2D eigenvalue weighted by molar-refractivity contribution is 7.89. The largest absolute Gasteiger partial charge is 0.465 e. The maximum Gasteiger partial charge on any atom is 0.339 e. The highest BCUT2D eigenvalue weighted by atomic mass is 35.5. The van der Waals surface area contributed by atoms with E-state index in [4.69, 9.17) is 11.6 Å². The molecule has 1 atom stereocenters. The molecule has 0 heterocycles. The average molecular weight is 357 g/mol. The normalized spacial score (nSPS) is 12.4. The minimum absolute atomic E-state index is 0. The van der Waals surface area contributed by atoms with Crippen molar-refractivity contribution in [1.82, 2.24) is 10.0 Å². The first kappa shape index (κ1) is 20.1. The number of hydrogen-bond acceptors (Lipinski definition) is 5. The average Bonchev–Trinajstić information content (AvgIpc) is 2.43. The van der Waals surface area contributed by atoms with Gasteiger partial charge in [0.25, 0.3) is 0 Å². The van der Waals surface area contributed by atoms with Crippen LogP contribution in [0.2, 0.25) is 5.02 Å². The Morgan fingerprint density at radius 2 is 2.05 bits per heavy atom. The van der Waals surface area contributed by atoms with Crippen LogP contribution >= 0.6 is 24.0 Å². The Balaban J connectivity index is 0.00000400. The van der Waals surface area contributed by atoms with E-state index in [0.29, 0.717) is 0 Å². The molecule has 0 aliphatic carbocycles. The van der Waals surface area contributed by atoms with Crippen LogP contribution in [0.15, 0.2) is 23.1 Å². The van der Waals surface area contributed by atoms with Crippen LogP contribution in [0.5, 0.6) is 0 Å². The summed E-state index contributed by atoms with van der Waals surface area (Å²) in [6, 6.07) is 3.93. The Hall–Kier alpha value is -0.860. The number of esters is 1. The summed E-state index contributed by atoms with van der Waals surface area (Å²) >= 11 is 5.80. The number of hydrogen-bond donors (Lipinski definition) is 2. The van der Waals surface area contributed by atoms with Crippen LogP contribution in [0, 0.1) is 0 Å². The second kappa shape index (κ2) is 8.55. The lowest BCUT2D eigenvalue weighted by molar-refractivity contribution is 0.0596. The number of ether oxygens (including phenoxy) is 1. The monoisotopic (exact) mass is 356 g/mol. The number of carbonyl (C=O) groups is 1.